The van der Waals surface area contributed by atoms with Crippen LogP contribution in [0.4, 0.5) is 0 Å². The molecule has 0 unspecified atom stereocenters. The number of carbonyl (C=O) groups is 1. The molecule has 174 valence electrons. The Morgan fingerprint density at radius 1 is 0.621 bits per heavy atom. The monoisotopic (exact) mass is 414 g/mol. The van der Waals surface area contributed by atoms with Gasteiger partial charge in [-0.15, -0.1) is 0 Å². The quantitative estimate of drug-likeness (QED) is 0.155. The molecule has 0 saturated carbocycles. The standard InChI is InChI=1S/C25H50O4/c1-23(2)19-17-15-13-11-9-7-5-3-4-6-8-10-12-14-16-18-20-25(28)29-24(21-26)22-27/h23-24,26-27H,3-22H2,1-2H3. The minimum Gasteiger partial charge on any atom is -0.457 e. The molecule has 0 heterocycles. The van der Waals surface area contributed by atoms with Crippen molar-refractivity contribution >= 4 is 5.97 Å². The van der Waals surface area contributed by atoms with E-state index in [0.717, 1.165) is 18.8 Å². The lowest BCUT2D eigenvalue weighted by Gasteiger charge is -2.12. The Morgan fingerprint density at radius 3 is 1.31 bits per heavy atom. The van der Waals surface area contributed by atoms with Crippen LogP contribution in [0.15, 0.2) is 0 Å². The Morgan fingerprint density at radius 2 is 0.966 bits per heavy atom. The third-order valence-corrected chi connectivity index (χ3v) is 5.62. The molecule has 0 aliphatic heterocycles. The van der Waals surface area contributed by atoms with Gasteiger partial charge in [-0.2, -0.15) is 0 Å². The van der Waals surface area contributed by atoms with Crippen molar-refractivity contribution in [3.63, 3.8) is 0 Å². The summed E-state index contributed by atoms with van der Waals surface area (Å²) >= 11 is 0. The minimum absolute atomic E-state index is 0.316. The number of esters is 1. The fourth-order valence-corrected chi connectivity index (χ4v) is 3.67. The number of unbranched alkanes of at least 4 members (excludes halogenated alkanes) is 15. The van der Waals surface area contributed by atoms with Crippen molar-refractivity contribution in [1.82, 2.24) is 0 Å². The number of ether oxygens (including phenoxy) is 1. The minimum atomic E-state index is -0.762. The van der Waals surface area contributed by atoms with Crippen LogP contribution in [0.2, 0.25) is 0 Å². The van der Waals surface area contributed by atoms with Gasteiger partial charge in [0.1, 0.15) is 6.10 Å². The zero-order valence-corrected chi connectivity index (χ0v) is 19.5. The van der Waals surface area contributed by atoms with E-state index in [4.69, 9.17) is 14.9 Å². The molecule has 0 atom stereocenters. The van der Waals surface area contributed by atoms with Crippen molar-refractivity contribution in [2.24, 2.45) is 5.92 Å². The van der Waals surface area contributed by atoms with Gasteiger partial charge in [0, 0.05) is 6.42 Å². The largest absolute Gasteiger partial charge is 0.457 e. The van der Waals surface area contributed by atoms with Crippen molar-refractivity contribution in [1.29, 1.82) is 0 Å². The van der Waals surface area contributed by atoms with Crippen LogP contribution in [-0.4, -0.2) is 35.5 Å². The molecule has 0 rings (SSSR count). The van der Waals surface area contributed by atoms with E-state index in [1.807, 2.05) is 0 Å². The van der Waals surface area contributed by atoms with Crippen molar-refractivity contribution in [3.05, 3.63) is 0 Å². The molecule has 0 aromatic rings. The SMILES string of the molecule is CC(C)CCCCCCCCCCCCCCCCCCC(=O)OC(CO)CO. The van der Waals surface area contributed by atoms with Gasteiger partial charge >= 0.3 is 5.97 Å². The molecule has 2 N–H and O–H groups in total. The van der Waals surface area contributed by atoms with Crippen LogP contribution in [-0.2, 0) is 9.53 Å². The van der Waals surface area contributed by atoms with Crippen molar-refractivity contribution in [2.45, 2.75) is 136 Å². The summed E-state index contributed by atoms with van der Waals surface area (Å²) in [5.74, 6) is 0.550. The Labute approximate surface area is 180 Å². The summed E-state index contributed by atoms with van der Waals surface area (Å²) < 4.78 is 4.95. The molecular formula is C25H50O4. The normalized spacial score (nSPS) is 11.5. The van der Waals surface area contributed by atoms with Gasteiger partial charge in [0.2, 0.25) is 0 Å². The number of aliphatic hydroxyl groups excluding tert-OH is 2. The highest BCUT2D eigenvalue weighted by atomic mass is 16.6. The smallest absolute Gasteiger partial charge is 0.306 e. The lowest BCUT2D eigenvalue weighted by molar-refractivity contribution is -0.153. The van der Waals surface area contributed by atoms with Crippen LogP contribution >= 0.6 is 0 Å². The molecule has 0 radical (unpaired) electrons. The number of aliphatic hydroxyl groups is 2. The number of rotatable bonds is 22. The average Bonchev–Trinajstić information content (AvgIpc) is 2.70. The van der Waals surface area contributed by atoms with Gasteiger partial charge in [0.15, 0.2) is 0 Å². The first-order chi connectivity index (χ1) is 14.1. The fourth-order valence-electron chi connectivity index (χ4n) is 3.67. The predicted octanol–water partition coefficient (Wildman–Crippen LogP) is 6.56. The highest BCUT2D eigenvalue weighted by Gasteiger charge is 2.11. The van der Waals surface area contributed by atoms with Gasteiger partial charge < -0.3 is 14.9 Å². The summed E-state index contributed by atoms with van der Waals surface area (Å²) in [5.41, 5.74) is 0. The Kier molecular flexibility index (Phi) is 21.6. The van der Waals surface area contributed by atoms with E-state index in [-0.39, 0.29) is 19.2 Å². The molecule has 4 heteroatoms. The van der Waals surface area contributed by atoms with Gasteiger partial charge in [0.25, 0.3) is 0 Å². The van der Waals surface area contributed by atoms with Gasteiger partial charge in [0.05, 0.1) is 13.2 Å². The number of carbonyl (C=O) groups excluding carboxylic acids is 1. The maximum absolute atomic E-state index is 11.5. The molecule has 0 amide bonds. The van der Waals surface area contributed by atoms with Gasteiger partial charge in [-0.25, -0.2) is 0 Å². The van der Waals surface area contributed by atoms with E-state index < -0.39 is 6.10 Å². The first-order valence-electron chi connectivity index (χ1n) is 12.5. The Bertz CT molecular complexity index is 340. The summed E-state index contributed by atoms with van der Waals surface area (Å²) in [6.07, 6.45) is 22.1. The lowest BCUT2D eigenvalue weighted by Crippen LogP contribution is -2.25. The number of hydrogen-bond donors (Lipinski definition) is 2. The van der Waals surface area contributed by atoms with E-state index in [0.29, 0.717) is 6.42 Å². The summed E-state index contributed by atoms with van der Waals surface area (Å²) in [4.78, 5) is 11.5. The average molecular weight is 415 g/mol. The highest BCUT2D eigenvalue weighted by Crippen LogP contribution is 2.15. The third-order valence-electron chi connectivity index (χ3n) is 5.62. The molecule has 4 nitrogen and oxygen atoms in total. The van der Waals surface area contributed by atoms with Crippen molar-refractivity contribution < 1.29 is 19.7 Å². The molecule has 0 aliphatic carbocycles. The summed E-state index contributed by atoms with van der Waals surface area (Å²) in [6, 6.07) is 0. The maximum Gasteiger partial charge on any atom is 0.306 e. The van der Waals surface area contributed by atoms with Crippen LogP contribution < -0.4 is 0 Å². The molecule has 0 spiro atoms. The summed E-state index contributed by atoms with van der Waals surface area (Å²) in [5, 5.41) is 17.7. The molecule has 0 bridgehead atoms. The number of hydrogen-bond acceptors (Lipinski definition) is 4. The second-order valence-electron chi connectivity index (χ2n) is 9.07. The molecule has 0 aromatic carbocycles. The Balaban J connectivity index is 3.16. The van der Waals surface area contributed by atoms with E-state index in [9.17, 15) is 4.79 Å². The van der Waals surface area contributed by atoms with Gasteiger partial charge in [-0.05, 0) is 12.3 Å². The van der Waals surface area contributed by atoms with Gasteiger partial charge in [-0.1, -0.05) is 117 Å². The van der Waals surface area contributed by atoms with E-state index >= 15 is 0 Å². The van der Waals surface area contributed by atoms with Gasteiger partial charge in [-0.3, -0.25) is 4.79 Å². The second-order valence-corrected chi connectivity index (χ2v) is 9.07. The summed E-state index contributed by atoms with van der Waals surface area (Å²) in [7, 11) is 0. The van der Waals surface area contributed by atoms with E-state index in [1.165, 1.54) is 96.3 Å². The fraction of sp³-hybridized carbons (Fsp3) is 0.960. The van der Waals surface area contributed by atoms with Crippen LogP contribution in [0.25, 0.3) is 0 Å². The lowest BCUT2D eigenvalue weighted by atomic mass is 10.0. The van der Waals surface area contributed by atoms with Crippen LogP contribution in [0, 0.1) is 5.92 Å². The maximum atomic E-state index is 11.5. The van der Waals surface area contributed by atoms with E-state index in [2.05, 4.69) is 13.8 Å². The first kappa shape index (κ1) is 28.4. The molecule has 0 saturated heterocycles. The van der Waals surface area contributed by atoms with Crippen molar-refractivity contribution in [3.8, 4) is 0 Å². The molecule has 29 heavy (non-hydrogen) atoms. The zero-order valence-electron chi connectivity index (χ0n) is 19.5. The molecule has 0 aromatic heterocycles. The van der Waals surface area contributed by atoms with Crippen LogP contribution in [0.3, 0.4) is 0 Å². The van der Waals surface area contributed by atoms with Crippen LogP contribution in [0.5, 0.6) is 0 Å². The first-order valence-corrected chi connectivity index (χ1v) is 12.5. The molecule has 0 aliphatic rings. The van der Waals surface area contributed by atoms with Crippen molar-refractivity contribution in [2.75, 3.05) is 13.2 Å². The molecule has 0 fully saturated rings. The second kappa shape index (κ2) is 22.1. The summed E-state index contributed by atoms with van der Waals surface area (Å²) in [6.45, 7) is 4.00. The Hall–Kier alpha value is -0.610. The zero-order chi connectivity index (χ0) is 21.6. The van der Waals surface area contributed by atoms with Crippen LogP contribution in [0.1, 0.15) is 129 Å². The molecular weight excluding hydrogens is 364 g/mol. The topological polar surface area (TPSA) is 66.8 Å². The third kappa shape index (κ3) is 21.9. The predicted molar refractivity (Wildman–Crippen MR) is 122 cm³/mol. The highest BCUT2D eigenvalue weighted by molar-refractivity contribution is 5.69. The van der Waals surface area contributed by atoms with E-state index in [1.54, 1.807) is 0 Å².